The minimum atomic E-state index is -3.23. The fraction of sp³-hybridized carbons (Fsp3) is 0.606. The zero-order valence-corrected chi connectivity index (χ0v) is 28.8. The summed E-state index contributed by atoms with van der Waals surface area (Å²) in [6.45, 7) is 4.32. The summed E-state index contributed by atoms with van der Waals surface area (Å²) in [6, 6.07) is 2.80. The van der Waals surface area contributed by atoms with Gasteiger partial charge in [-0.2, -0.15) is 10.4 Å². The number of thiophene rings is 1. The van der Waals surface area contributed by atoms with Gasteiger partial charge in [0.1, 0.15) is 16.9 Å². The summed E-state index contributed by atoms with van der Waals surface area (Å²) in [5.41, 5.74) is 9.86. The molecule has 4 aromatic heterocycles. The van der Waals surface area contributed by atoms with Crippen molar-refractivity contribution < 1.29 is 12.9 Å². The van der Waals surface area contributed by atoms with E-state index in [1.807, 2.05) is 10.9 Å². The molecule has 4 aromatic rings. The van der Waals surface area contributed by atoms with E-state index in [4.69, 9.17) is 25.3 Å². The van der Waals surface area contributed by atoms with Crippen LogP contribution in [0, 0.1) is 11.3 Å². The number of piperidine rings is 1. The van der Waals surface area contributed by atoms with Gasteiger partial charge >= 0.3 is 0 Å². The molecular formula is C33H41N9O3S2. The van der Waals surface area contributed by atoms with Gasteiger partial charge in [-0.1, -0.05) is 5.16 Å². The van der Waals surface area contributed by atoms with Crippen LogP contribution >= 0.6 is 11.3 Å². The molecule has 1 spiro atoms. The highest BCUT2D eigenvalue weighted by atomic mass is 32.2. The van der Waals surface area contributed by atoms with Crippen LogP contribution < -0.4 is 10.6 Å². The Morgan fingerprint density at radius 3 is 2.68 bits per heavy atom. The largest absolute Gasteiger partial charge is 0.389 e. The van der Waals surface area contributed by atoms with E-state index in [0.29, 0.717) is 53.5 Å². The van der Waals surface area contributed by atoms with Crippen LogP contribution in [0.1, 0.15) is 91.7 Å². The quantitative estimate of drug-likeness (QED) is 0.314. The number of anilines is 2. The second-order valence-corrected chi connectivity index (χ2v) is 17.5. The molecule has 2 aliphatic heterocycles. The van der Waals surface area contributed by atoms with Gasteiger partial charge in [-0.3, -0.25) is 0 Å². The fourth-order valence-electron chi connectivity index (χ4n) is 8.96. The number of likely N-dealkylation sites (tertiary alicyclic amines) is 1. The van der Waals surface area contributed by atoms with Crippen LogP contribution in [0.25, 0.3) is 22.6 Å². The number of rotatable bonds is 5. The monoisotopic (exact) mass is 675 g/mol. The molecule has 2 fully saturated rings. The van der Waals surface area contributed by atoms with Crippen molar-refractivity contribution in [3.05, 3.63) is 33.5 Å². The zero-order valence-electron chi connectivity index (χ0n) is 27.2. The molecule has 6 heterocycles. The van der Waals surface area contributed by atoms with Crippen LogP contribution in [0.2, 0.25) is 0 Å². The average Bonchev–Trinajstić information content (AvgIpc) is 3.85. The third kappa shape index (κ3) is 4.79. The van der Waals surface area contributed by atoms with Crippen molar-refractivity contribution in [1.29, 1.82) is 5.26 Å². The van der Waals surface area contributed by atoms with Crippen molar-refractivity contribution in [2.75, 3.05) is 43.6 Å². The number of hydrogen-bond acceptors (Lipinski definition) is 12. The van der Waals surface area contributed by atoms with Crippen LogP contribution in [0.3, 0.4) is 0 Å². The number of nitriles is 1. The molecule has 47 heavy (non-hydrogen) atoms. The molecule has 0 bridgehead atoms. The Hall–Kier alpha value is -3.54. The summed E-state index contributed by atoms with van der Waals surface area (Å²) < 4.78 is 33.7. The Balaban J connectivity index is 1.29. The van der Waals surface area contributed by atoms with E-state index in [1.165, 1.54) is 22.5 Å². The van der Waals surface area contributed by atoms with Gasteiger partial charge in [0.2, 0.25) is 0 Å². The van der Waals surface area contributed by atoms with Gasteiger partial charge < -0.3 is 20.1 Å². The molecule has 0 amide bonds. The maximum Gasteiger partial charge on any atom is 0.186 e. The molecule has 0 unspecified atom stereocenters. The van der Waals surface area contributed by atoms with Crippen molar-refractivity contribution >= 4 is 43.0 Å². The van der Waals surface area contributed by atoms with Gasteiger partial charge in [-0.15, -0.1) is 11.3 Å². The number of hydrogen-bond donors (Lipinski definition) is 1. The lowest BCUT2D eigenvalue weighted by molar-refractivity contribution is 0.232. The predicted molar refractivity (Wildman–Crippen MR) is 181 cm³/mol. The lowest BCUT2D eigenvalue weighted by Gasteiger charge is -2.39. The number of nitrogen functional groups attached to an aromatic ring is 1. The molecule has 0 radical (unpaired) electrons. The van der Waals surface area contributed by atoms with Gasteiger partial charge in [0.25, 0.3) is 0 Å². The maximum atomic E-state index is 12.7. The Morgan fingerprint density at radius 2 is 1.94 bits per heavy atom. The Bertz CT molecular complexity index is 2020. The molecule has 2 N–H and O–H groups in total. The Morgan fingerprint density at radius 1 is 1.15 bits per heavy atom. The molecule has 0 aromatic carbocycles. The normalized spacial score (nSPS) is 25.6. The number of nitrogens with zero attached hydrogens (tertiary/aromatic N) is 8. The number of sulfone groups is 1. The highest BCUT2D eigenvalue weighted by Crippen LogP contribution is 2.55. The second kappa shape index (κ2) is 11.3. The summed E-state index contributed by atoms with van der Waals surface area (Å²) >= 11 is 1.53. The van der Waals surface area contributed by atoms with Gasteiger partial charge in [0.05, 0.1) is 33.9 Å². The highest BCUT2D eigenvalue weighted by molar-refractivity contribution is 7.91. The van der Waals surface area contributed by atoms with Crippen molar-refractivity contribution in [1.82, 2.24) is 29.8 Å². The molecule has 2 saturated heterocycles. The van der Waals surface area contributed by atoms with Crippen LogP contribution in [-0.4, -0.2) is 82.5 Å². The smallest absolute Gasteiger partial charge is 0.186 e. The van der Waals surface area contributed by atoms with E-state index in [2.05, 4.69) is 35.0 Å². The highest BCUT2D eigenvalue weighted by Gasteiger charge is 2.49. The third-order valence-electron chi connectivity index (χ3n) is 11.3. The van der Waals surface area contributed by atoms with Crippen molar-refractivity contribution in [3.8, 4) is 17.6 Å². The van der Waals surface area contributed by atoms with Crippen molar-refractivity contribution in [3.63, 3.8) is 0 Å². The number of likely N-dealkylation sites (N-methyl/N-ethyl adjacent to an activating group) is 1. The van der Waals surface area contributed by atoms with E-state index in [9.17, 15) is 13.7 Å². The third-order valence-corrected chi connectivity index (χ3v) is 14.0. The van der Waals surface area contributed by atoms with Gasteiger partial charge in [-0.25, -0.2) is 23.1 Å². The van der Waals surface area contributed by atoms with E-state index < -0.39 is 20.5 Å². The van der Waals surface area contributed by atoms with Gasteiger partial charge in [0, 0.05) is 35.8 Å². The van der Waals surface area contributed by atoms with E-state index in [0.717, 1.165) is 92.3 Å². The van der Waals surface area contributed by atoms with Crippen LogP contribution in [0.5, 0.6) is 0 Å². The van der Waals surface area contributed by atoms with Crippen LogP contribution in [-0.2, 0) is 28.1 Å². The Kier molecular flexibility index (Phi) is 7.38. The van der Waals surface area contributed by atoms with Crippen molar-refractivity contribution in [2.45, 2.75) is 93.9 Å². The topological polar surface area (TPSA) is 160 Å². The number of fused-ring (bicyclic) bond motifs is 5. The molecule has 248 valence electrons. The molecular weight excluding hydrogens is 635 g/mol. The molecule has 4 aliphatic rings. The summed E-state index contributed by atoms with van der Waals surface area (Å²) in [5, 5.41) is 20.6. The maximum absolute atomic E-state index is 12.7. The molecule has 8 rings (SSSR count). The Labute approximate surface area is 278 Å². The minimum Gasteiger partial charge on any atom is -0.389 e. The lowest BCUT2D eigenvalue weighted by atomic mass is 9.63. The van der Waals surface area contributed by atoms with Crippen LogP contribution in [0.4, 0.5) is 10.8 Å². The molecule has 2 aliphatic carbocycles. The molecule has 0 saturated carbocycles. The van der Waals surface area contributed by atoms with Gasteiger partial charge in [0.15, 0.2) is 32.8 Å². The molecule has 12 nitrogen and oxygen atoms in total. The fourth-order valence-corrected chi connectivity index (χ4v) is 11.2. The average molecular weight is 676 g/mol. The first kappa shape index (κ1) is 30.8. The van der Waals surface area contributed by atoms with Gasteiger partial charge in [-0.05, 0) is 90.3 Å². The summed E-state index contributed by atoms with van der Waals surface area (Å²) in [6.07, 6.45) is 12.1. The predicted octanol–water partition coefficient (Wildman–Crippen LogP) is 4.62. The second-order valence-electron chi connectivity index (χ2n) is 14.0. The first-order chi connectivity index (χ1) is 22.6. The zero-order chi connectivity index (χ0) is 32.7. The standard InChI is InChI=1S/C33H41N9O3S2/c1-19(24-10-7-14-40(24)2)42-32-23(17-36-42)31(41-15-6-8-20(18-41)47(3,43)44)37-30(38-32)27-21-9-4-12-33(28(21)45-39-27)13-5-11-25-26(33)22(16-34)29(35)46-25/h17,19-20,24H,4-15,18,35H2,1-3H3/t19-,20+,24-,33-/m0/s1. The van der Waals surface area contributed by atoms with E-state index in [1.54, 1.807) is 0 Å². The number of aromatic nitrogens is 5. The summed E-state index contributed by atoms with van der Waals surface area (Å²) in [4.78, 5) is 16.0. The van der Waals surface area contributed by atoms with E-state index >= 15 is 0 Å². The first-order valence-electron chi connectivity index (χ1n) is 16.8. The molecule has 14 heteroatoms. The minimum absolute atomic E-state index is 0.0735. The number of aryl methyl sites for hydroxylation is 1. The van der Waals surface area contributed by atoms with Crippen LogP contribution in [0.15, 0.2) is 10.7 Å². The molecule has 4 atom stereocenters. The summed E-state index contributed by atoms with van der Waals surface area (Å²) in [5.74, 6) is 1.96. The van der Waals surface area contributed by atoms with E-state index in [-0.39, 0.29) is 6.04 Å². The van der Waals surface area contributed by atoms with Crippen molar-refractivity contribution in [2.24, 2.45) is 0 Å². The lowest BCUT2D eigenvalue weighted by Crippen LogP contribution is -2.42. The summed E-state index contributed by atoms with van der Waals surface area (Å²) in [7, 11) is -1.06. The number of nitrogens with two attached hydrogens (primary N) is 1. The SMILES string of the molecule is C[C@@H]([C@@H]1CCCN1C)n1ncc2c(N3CCC[C@@H](S(C)(=O)=O)C3)nc(-c3noc4c3CCC[C@@]43CCCc4sc(N)c(C#N)c43)nc21. The first-order valence-corrected chi connectivity index (χ1v) is 19.6.